The quantitative estimate of drug-likeness (QED) is 0.781. The Morgan fingerprint density at radius 3 is 2.64 bits per heavy atom. The molecule has 0 aliphatic rings. The Morgan fingerprint density at radius 1 is 1.32 bits per heavy atom. The van der Waals surface area contributed by atoms with Gasteiger partial charge < -0.3 is 19.4 Å². The first-order valence-electron chi connectivity index (χ1n) is 8.53. The van der Waals surface area contributed by atoms with Crippen molar-refractivity contribution in [2.75, 3.05) is 6.61 Å². The molecule has 0 fully saturated rings. The van der Waals surface area contributed by atoms with Crippen LogP contribution in [0.2, 0.25) is 0 Å². The number of hydrogen-bond donors (Lipinski definition) is 1. The first-order valence-corrected chi connectivity index (χ1v) is 8.53. The monoisotopic (exact) mass is 383 g/mol. The van der Waals surface area contributed by atoms with Crippen LogP contribution in [0.4, 0.5) is 4.79 Å². The van der Waals surface area contributed by atoms with Gasteiger partial charge >= 0.3 is 12.1 Å². The molecule has 2 rings (SSSR count). The van der Waals surface area contributed by atoms with Gasteiger partial charge in [-0.1, -0.05) is 6.07 Å². The predicted molar refractivity (Wildman–Crippen MR) is 98.9 cm³/mol. The summed E-state index contributed by atoms with van der Waals surface area (Å²) < 4.78 is 11.7. The smallest absolute Gasteiger partial charge is 0.408 e. The molecular formula is C19H21N5O4. The van der Waals surface area contributed by atoms with E-state index in [1.54, 1.807) is 56.7 Å². The molecule has 0 bridgehead atoms. The molecule has 0 saturated heterocycles. The summed E-state index contributed by atoms with van der Waals surface area (Å²) in [6, 6.07) is 7.97. The molecule has 146 valence electrons. The van der Waals surface area contributed by atoms with E-state index < -0.39 is 30.3 Å². The lowest BCUT2D eigenvalue weighted by molar-refractivity contribution is -0.144. The molecule has 0 spiro atoms. The van der Waals surface area contributed by atoms with Crippen molar-refractivity contribution in [3.63, 3.8) is 0 Å². The van der Waals surface area contributed by atoms with Crippen LogP contribution in [0.1, 0.15) is 32.2 Å². The number of benzene rings is 1. The molecule has 28 heavy (non-hydrogen) atoms. The van der Waals surface area contributed by atoms with Crippen molar-refractivity contribution in [2.24, 2.45) is 7.05 Å². The maximum absolute atomic E-state index is 12.3. The van der Waals surface area contributed by atoms with Crippen LogP contribution in [0, 0.1) is 22.7 Å². The minimum Gasteiger partial charge on any atom is -0.449 e. The number of aryl methyl sites for hydroxylation is 1. The lowest BCUT2D eigenvalue weighted by atomic mass is 10.1. The fraction of sp³-hybridized carbons (Fsp3) is 0.421. The van der Waals surface area contributed by atoms with Gasteiger partial charge in [0.2, 0.25) is 5.82 Å². The van der Waals surface area contributed by atoms with Gasteiger partial charge in [-0.15, -0.1) is 0 Å². The molecule has 0 aliphatic heterocycles. The number of esters is 1. The maximum atomic E-state index is 12.3. The number of ether oxygens (including phenoxy) is 2. The van der Waals surface area contributed by atoms with Gasteiger partial charge in [0, 0.05) is 13.5 Å². The fourth-order valence-corrected chi connectivity index (χ4v) is 2.56. The van der Waals surface area contributed by atoms with E-state index in [4.69, 9.17) is 20.0 Å². The highest BCUT2D eigenvalue weighted by Crippen LogP contribution is 2.18. The zero-order chi connectivity index (χ0) is 20.9. The topological polar surface area (TPSA) is 130 Å². The molecule has 0 saturated carbocycles. The van der Waals surface area contributed by atoms with Crippen molar-refractivity contribution in [3.8, 4) is 12.1 Å². The summed E-state index contributed by atoms with van der Waals surface area (Å²) in [5.41, 5.74) is 1.33. The lowest BCUT2D eigenvalue weighted by Gasteiger charge is -2.22. The number of nitrogens with one attached hydrogen (secondary N) is 1. The number of carbonyl (C=O) groups is 2. The number of aromatic nitrogens is 2. The Labute approximate surface area is 162 Å². The van der Waals surface area contributed by atoms with Crippen LogP contribution in [0.25, 0.3) is 11.0 Å². The average Bonchev–Trinajstić information content (AvgIpc) is 2.93. The molecule has 2 aromatic rings. The first kappa shape index (κ1) is 20.7. The Balaban J connectivity index is 2.24. The standard InChI is InChI=1S/C19H21N5O4/c1-19(2,3)28-18(26)23-14(17(25)27-8-7-20)10-12-5-6-15-13(9-12)22-16(11-21)24(15)4/h5-6,9,14H,8,10H2,1-4H3,(H,23,26)/t14-/m0/s1. The number of imidazole rings is 1. The van der Waals surface area contributed by atoms with Gasteiger partial charge in [0.05, 0.1) is 11.0 Å². The zero-order valence-corrected chi connectivity index (χ0v) is 16.1. The summed E-state index contributed by atoms with van der Waals surface area (Å²) in [4.78, 5) is 28.6. The van der Waals surface area contributed by atoms with E-state index in [1.165, 1.54) is 0 Å². The van der Waals surface area contributed by atoms with Crippen molar-refractivity contribution >= 4 is 23.1 Å². The molecule has 1 heterocycles. The van der Waals surface area contributed by atoms with Crippen LogP contribution in [0.5, 0.6) is 0 Å². The highest BCUT2D eigenvalue weighted by molar-refractivity contribution is 5.82. The van der Waals surface area contributed by atoms with Gasteiger partial charge in [-0.3, -0.25) is 0 Å². The van der Waals surface area contributed by atoms with Crippen LogP contribution in [0.3, 0.4) is 0 Å². The molecule has 1 N–H and O–H groups in total. The van der Waals surface area contributed by atoms with E-state index >= 15 is 0 Å². The van der Waals surface area contributed by atoms with Crippen LogP contribution in [-0.2, 0) is 27.7 Å². The fourth-order valence-electron chi connectivity index (χ4n) is 2.56. The van der Waals surface area contributed by atoms with Crippen LogP contribution in [0.15, 0.2) is 18.2 Å². The minimum atomic E-state index is -1.04. The Hall–Kier alpha value is -3.59. The molecule has 1 amide bonds. The first-order chi connectivity index (χ1) is 13.1. The molecule has 9 nitrogen and oxygen atoms in total. The van der Waals surface area contributed by atoms with Gasteiger partial charge in [-0.2, -0.15) is 10.5 Å². The summed E-state index contributed by atoms with van der Waals surface area (Å²) in [6.07, 6.45) is -0.658. The highest BCUT2D eigenvalue weighted by atomic mass is 16.6. The molecule has 0 unspecified atom stereocenters. The van der Waals surface area contributed by atoms with E-state index in [-0.39, 0.29) is 12.2 Å². The van der Waals surface area contributed by atoms with E-state index in [0.29, 0.717) is 11.1 Å². The summed E-state index contributed by atoms with van der Waals surface area (Å²) in [7, 11) is 1.74. The van der Waals surface area contributed by atoms with Crippen molar-refractivity contribution in [3.05, 3.63) is 29.6 Å². The second kappa shape index (κ2) is 8.40. The zero-order valence-electron chi connectivity index (χ0n) is 16.1. The summed E-state index contributed by atoms with van der Waals surface area (Å²) in [5.74, 6) is -0.477. The second-order valence-electron chi connectivity index (χ2n) is 7.10. The number of rotatable bonds is 5. The summed E-state index contributed by atoms with van der Waals surface area (Å²) >= 11 is 0. The number of nitriles is 2. The molecule has 9 heteroatoms. The Kier molecular flexibility index (Phi) is 6.22. The van der Waals surface area contributed by atoms with Crippen LogP contribution < -0.4 is 5.32 Å². The number of amides is 1. The van der Waals surface area contributed by atoms with Gasteiger partial charge in [-0.25, -0.2) is 14.6 Å². The van der Waals surface area contributed by atoms with Gasteiger partial charge in [-0.05, 0) is 38.5 Å². The van der Waals surface area contributed by atoms with E-state index in [9.17, 15) is 9.59 Å². The van der Waals surface area contributed by atoms with Gasteiger partial charge in [0.1, 0.15) is 23.8 Å². The number of hydrogen-bond acceptors (Lipinski definition) is 7. The molecular weight excluding hydrogens is 362 g/mol. The van der Waals surface area contributed by atoms with E-state index in [1.807, 2.05) is 6.07 Å². The maximum Gasteiger partial charge on any atom is 0.408 e. The second-order valence-corrected chi connectivity index (χ2v) is 7.10. The van der Waals surface area contributed by atoms with E-state index in [2.05, 4.69) is 10.3 Å². The van der Waals surface area contributed by atoms with Crippen molar-refractivity contribution in [1.29, 1.82) is 10.5 Å². The van der Waals surface area contributed by atoms with Crippen molar-refractivity contribution in [1.82, 2.24) is 14.9 Å². The Bertz CT molecular complexity index is 975. The number of nitrogens with zero attached hydrogens (tertiary/aromatic N) is 4. The molecule has 0 aliphatic carbocycles. The largest absolute Gasteiger partial charge is 0.449 e. The molecule has 1 atom stereocenters. The molecule has 0 radical (unpaired) electrons. The Morgan fingerprint density at radius 2 is 2.04 bits per heavy atom. The lowest BCUT2D eigenvalue weighted by Crippen LogP contribution is -2.45. The summed E-state index contributed by atoms with van der Waals surface area (Å²) in [6.45, 7) is 4.70. The summed E-state index contributed by atoms with van der Waals surface area (Å²) in [5, 5.41) is 20.2. The predicted octanol–water partition coefficient (Wildman–Crippen LogP) is 1.95. The van der Waals surface area contributed by atoms with E-state index in [0.717, 1.165) is 5.52 Å². The number of alkyl carbamates (subject to hydrolysis) is 1. The SMILES string of the molecule is Cn1c(C#N)nc2cc(C[C@H](NC(=O)OC(C)(C)C)C(=O)OCC#N)ccc21. The van der Waals surface area contributed by atoms with Crippen molar-refractivity contribution < 1.29 is 19.1 Å². The highest BCUT2D eigenvalue weighted by Gasteiger charge is 2.26. The molecule has 1 aromatic heterocycles. The number of carbonyl (C=O) groups excluding carboxylic acids is 2. The van der Waals surface area contributed by atoms with Gasteiger partial charge in [0.25, 0.3) is 0 Å². The minimum absolute atomic E-state index is 0.109. The van der Waals surface area contributed by atoms with Gasteiger partial charge in [0.15, 0.2) is 6.61 Å². The molecule has 1 aromatic carbocycles. The normalized spacial score (nSPS) is 11.9. The third kappa shape index (κ3) is 5.21. The third-order valence-corrected chi connectivity index (χ3v) is 3.74. The van der Waals surface area contributed by atoms with Crippen LogP contribution >= 0.6 is 0 Å². The number of fused-ring (bicyclic) bond motifs is 1. The van der Waals surface area contributed by atoms with Crippen LogP contribution in [-0.4, -0.2) is 39.9 Å². The van der Waals surface area contributed by atoms with Crippen molar-refractivity contribution in [2.45, 2.75) is 38.8 Å². The third-order valence-electron chi connectivity index (χ3n) is 3.74. The average molecular weight is 383 g/mol.